The van der Waals surface area contributed by atoms with Crippen molar-refractivity contribution in [3.05, 3.63) is 82.4 Å². The molecule has 0 amide bonds. The topological polar surface area (TPSA) is 25.8 Å². The molecule has 3 rings (SSSR count). The van der Waals surface area contributed by atoms with E-state index in [0.717, 1.165) is 46.8 Å². The molecule has 164 valence electrons. The highest BCUT2D eigenvalue weighted by Crippen LogP contribution is 2.36. The molecule has 0 aliphatic carbocycles. The normalized spacial score (nSPS) is 12.1. The Hall–Kier alpha value is -2.19. The van der Waals surface area contributed by atoms with Crippen molar-refractivity contribution < 1.29 is 0 Å². The van der Waals surface area contributed by atoms with Crippen LogP contribution in [0.25, 0.3) is 11.1 Å². The molecule has 1 heterocycles. The molecule has 31 heavy (non-hydrogen) atoms. The van der Waals surface area contributed by atoms with Gasteiger partial charge in [-0.1, -0.05) is 101 Å². The molecule has 1 atom stereocenters. The molecular formula is C28H35ClN2. The molecule has 0 fully saturated rings. The minimum absolute atomic E-state index is 0.228. The van der Waals surface area contributed by atoms with E-state index >= 15 is 0 Å². The molecule has 0 bridgehead atoms. The Labute approximate surface area is 193 Å². The van der Waals surface area contributed by atoms with Gasteiger partial charge < -0.3 is 0 Å². The first-order valence-electron chi connectivity index (χ1n) is 11.8. The van der Waals surface area contributed by atoms with Crippen molar-refractivity contribution >= 4 is 11.6 Å². The predicted octanol–water partition coefficient (Wildman–Crippen LogP) is 8.41. The van der Waals surface area contributed by atoms with Gasteiger partial charge in [0, 0.05) is 35.9 Å². The summed E-state index contributed by atoms with van der Waals surface area (Å²) in [6.07, 6.45) is 13.3. The average Bonchev–Trinajstić information content (AvgIpc) is 2.80. The van der Waals surface area contributed by atoms with Crippen molar-refractivity contribution in [3.63, 3.8) is 0 Å². The molecular weight excluding hydrogens is 400 g/mol. The van der Waals surface area contributed by atoms with E-state index in [1.165, 1.54) is 43.2 Å². The number of rotatable bonds is 11. The van der Waals surface area contributed by atoms with Crippen LogP contribution < -0.4 is 0 Å². The Morgan fingerprint density at radius 2 is 1.45 bits per heavy atom. The molecule has 1 aromatic heterocycles. The van der Waals surface area contributed by atoms with Gasteiger partial charge in [0.15, 0.2) is 0 Å². The van der Waals surface area contributed by atoms with Gasteiger partial charge in [0.2, 0.25) is 0 Å². The van der Waals surface area contributed by atoms with Crippen molar-refractivity contribution in [3.8, 4) is 11.1 Å². The van der Waals surface area contributed by atoms with Gasteiger partial charge in [0.1, 0.15) is 5.82 Å². The predicted molar refractivity (Wildman–Crippen MR) is 133 cm³/mol. The first-order valence-corrected chi connectivity index (χ1v) is 12.2. The van der Waals surface area contributed by atoms with E-state index in [2.05, 4.69) is 73.2 Å². The fourth-order valence-electron chi connectivity index (χ4n) is 3.99. The summed E-state index contributed by atoms with van der Waals surface area (Å²) in [6, 6.07) is 15.3. The van der Waals surface area contributed by atoms with Gasteiger partial charge in [0.25, 0.3) is 0 Å². The Bertz CT molecular complexity index is 932. The molecule has 3 aromatic rings. The Morgan fingerprint density at radius 3 is 2.10 bits per heavy atom. The van der Waals surface area contributed by atoms with E-state index < -0.39 is 0 Å². The molecule has 0 aliphatic heterocycles. The van der Waals surface area contributed by atoms with Gasteiger partial charge in [-0.05, 0) is 36.0 Å². The van der Waals surface area contributed by atoms with Crippen LogP contribution in [-0.4, -0.2) is 9.97 Å². The van der Waals surface area contributed by atoms with Crippen LogP contribution in [0, 0.1) is 0 Å². The summed E-state index contributed by atoms with van der Waals surface area (Å²) in [5, 5.41) is 0.796. The van der Waals surface area contributed by atoms with Crippen LogP contribution in [0.5, 0.6) is 0 Å². The average molecular weight is 435 g/mol. The lowest BCUT2D eigenvalue weighted by Crippen LogP contribution is -2.00. The van der Waals surface area contributed by atoms with Crippen LogP contribution in [0.1, 0.15) is 87.7 Å². The molecule has 0 spiro atoms. The van der Waals surface area contributed by atoms with Crippen molar-refractivity contribution in [1.82, 2.24) is 9.97 Å². The van der Waals surface area contributed by atoms with Crippen molar-refractivity contribution in [2.75, 3.05) is 0 Å². The zero-order chi connectivity index (χ0) is 22.1. The maximum Gasteiger partial charge on any atom is 0.128 e. The van der Waals surface area contributed by atoms with Crippen LogP contribution in [0.15, 0.2) is 54.9 Å². The number of aromatic nitrogens is 2. The highest BCUT2D eigenvalue weighted by Gasteiger charge is 2.16. The zero-order valence-electron chi connectivity index (χ0n) is 19.2. The molecule has 2 nitrogen and oxygen atoms in total. The highest BCUT2D eigenvalue weighted by molar-refractivity contribution is 6.34. The highest BCUT2D eigenvalue weighted by atomic mass is 35.5. The third-order valence-corrected chi connectivity index (χ3v) is 6.49. The molecule has 0 radical (unpaired) electrons. The molecule has 0 saturated heterocycles. The molecule has 0 saturated carbocycles. The minimum Gasteiger partial charge on any atom is -0.241 e. The maximum absolute atomic E-state index is 6.89. The fourth-order valence-corrected chi connectivity index (χ4v) is 4.39. The number of nitrogens with zero attached hydrogens (tertiary/aromatic N) is 2. The largest absolute Gasteiger partial charge is 0.241 e. The number of hydrogen-bond acceptors (Lipinski definition) is 2. The van der Waals surface area contributed by atoms with Gasteiger partial charge in [-0.15, -0.1) is 0 Å². The van der Waals surface area contributed by atoms with E-state index in [0.29, 0.717) is 0 Å². The minimum atomic E-state index is 0.228. The Kier molecular flexibility index (Phi) is 9.09. The van der Waals surface area contributed by atoms with E-state index in [1.807, 2.05) is 12.4 Å². The molecule has 2 aromatic carbocycles. The van der Waals surface area contributed by atoms with Crippen molar-refractivity contribution in [2.24, 2.45) is 0 Å². The second kappa shape index (κ2) is 12.0. The first-order chi connectivity index (χ1) is 15.1. The third kappa shape index (κ3) is 6.40. The van der Waals surface area contributed by atoms with Gasteiger partial charge in [-0.25, -0.2) is 9.97 Å². The SMILES string of the molecule is CCCCCc1ccc(C(C)c2cccc(-c3cnc(CCCCC)nc3)c2Cl)cc1. The summed E-state index contributed by atoms with van der Waals surface area (Å²) in [4.78, 5) is 9.14. The van der Waals surface area contributed by atoms with Crippen LogP contribution in [0.3, 0.4) is 0 Å². The van der Waals surface area contributed by atoms with E-state index in [-0.39, 0.29) is 5.92 Å². The van der Waals surface area contributed by atoms with Crippen molar-refractivity contribution in [1.29, 1.82) is 0 Å². The smallest absolute Gasteiger partial charge is 0.128 e. The van der Waals surface area contributed by atoms with Gasteiger partial charge in [0.05, 0.1) is 5.02 Å². The maximum atomic E-state index is 6.89. The Balaban J connectivity index is 1.75. The van der Waals surface area contributed by atoms with Crippen LogP contribution in [0.4, 0.5) is 0 Å². The lowest BCUT2D eigenvalue weighted by atomic mass is 9.90. The summed E-state index contributed by atoms with van der Waals surface area (Å²) in [6.45, 7) is 6.68. The molecule has 3 heteroatoms. The summed E-state index contributed by atoms with van der Waals surface area (Å²) < 4.78 is 0. The van der Waals surface area contributed by atoms with E-state index in [9.17, 15) is 0 Å². The first kappa shape index (κ1) is 23.5. The summed E-state index contributed by atoms with van der Waals surface area (Å²) >= 11 is 6.89. The van der Waals surface area contributed by atoms with Gasteiger partial charge in [-0.3, -0.25) is 0 Å². The number of aryl methyl sites for hydroxylation is 2. The lowest BCUT2D eigenvalue weighted by molar-refractivity contribution is 0.693. The summed E-state index contributed by atoms with van der Waals surface area (Å²) in [7, 11) is 0. The van der Waals surface area contributed by atoms with Gasteiger partial charge >= 0.3 is 0 Å². The van der Waals surface area contributed by atoms with Crippen molar-refractivity contribution in [2.45, 2.75) is 78.1 Å². The lowest BCUT2D eigenvalue weighted by Gasteiger charge is -2.17. The zero-order valence-corrected chi connectivity index (χ0v) is 20.0. The molecule has 0 aliphatic rings. The second-order valence-electron chi connectivity index (χ2n) is 8.47. The van der Waals surface area contributed by atoms with Crippen LogP contribution >= 0.6 is 11.6 Å². The number of halogens is 1. The number of hydrogen-bond donors (Lipinski definition) is 0. The molecule has 1 unspecified atom stereocenters. The van der Waals surface area contributed by atoms with E-state index in [1.54, 1.807) is 0 Å². The third-order valence-electron chi connectivity index (χ3n) is 6.06. The van der Waals surface area contributed by atoms with Crippen LogP contribution in [-0.2, 0) is 12.8 Å². The van der Waals surface area contributed by atoms with Gasteiger partial charge in [-0.2, -0.15) is 0 Å². The fraction of sp³-hybridized carbons (Fsp3) is 0.429. The molecule has 0 N–H and O–H groups in total. The summed E-state index contributed by atoms with van der Waals surface area (Å²) in [5.41, 5.74) is 5.83. The monoisotopic (exact) mass is 434 g/mol. The number of benzene rings is 2. The standard InChI is InChI=1S/C28H35ClN2/c1-4-6-8-11-22-15-17-23(18-16-22)21(3)25-12-10-13-26(28(25)29)24-19-30-27(31-20-24)14-9-7-5-2/h10,12-13,15-21H,4-9,11,14H2,1-3H3. The van der Waals surface area contributed by atoms with E-state index in [4.69, 9.17) is 11.6 Å². The quantitative estimate of drug-likeness (QED) is 0.283. The second-order valence-corrected chi connectivity index (χ2v) is 8.85. The Morgan fingerprint density at radius 1 is 0.806 bits per heavy atom. The summed E-state index contributed by atoms with van der Waals surface area (Å²) in [5.74, 6) is 1.14. The van der Waals surface area contributed by atoms with Crippen LogP contribution in [0.2, 0.25) is 5.02 Å². The number of unbranched alkanes of at least 4 members (excludes halogenated alkanes) is 4.